The molecular formula is C18H15F2NO4S2. The molecule has 3 rings (SSSR count). The molecular weight excluding hydrogens is 396 g/mol. The summed E-state index contributed by atoms with van der Waals surface area (Å²) in [5, 5.41) is -0.203. The van der Waals surface area contributed by atoms with Crippen LogP contribution in [0.1, 0.15) is 22.2 Å². The Morgan fingerprint density at radius 2 is 1.93 bits per heavy atom. The number of aryl methyl sites for hydroxylation is 1. The first kappa shape index (κ1) is 19.2. The molecule has 2 aromatic carbocycles. The molecule has 9 heteroatoms. The molecule has 0 amide bonds. The van der Waals surface area contributed by atoms with Gasteiger partial charge in [-0.2, -0.15) is 0 Å². The van der Waals surface area contributed by atoms with Crippen molar-refractivity contribution in [3.63, 3.8) is 0 Å². The lowest BCUT2D eigenvalue weighted by Crippen LogP contribution is -2.17. The number of anilines is 1. The number of ether oxygens (including phenoxy) is 1. The van der Waals surface area contributed by atoms with Crippen molar-refractivity contribution < 1.29 is 26.7 Å². The number of hydrogen-bond donors (Lipinski definition) is 1. The Labute approximate surface area is 158 Å². The summed E-state index contributed by atoms with van der Waals surface area (Å²) in [6.45, 7) is 3.15. The van der Waals surface area contributed by atoms with E-state index in [0.717, 1.165) is 23.5 Å². The highest BCUT2D eigenvalue weighted by Crippen LogP contribution is 2.37. The van der Waals surface area contributed by atoms with Crippen LogP contribution in [0.25, 0.3) is 10.1 Å². The molecule has 0 spiro atoms. The van der Waals surface area contributed by atoms with Gasteiger partial charge >= 0.3 is 5.97 Å². The van der Waals surface area contributed by atoms with Gasteiger partial charge in [-0.25, -0.2) is 22.0 Å². The maximum atomic E-state index is 14.4. The van der Waals surface area contributed by atoms with Crippen molar-refractivity contribution in [3.05, 3.63) is 58.5 Å². The predicted octanol–water partition coefficient (Wildman–Crippen LogP) is 4.47. The van der Waals surface area contributed by atoms with Crippen molar-refractivity contribution >= 4 is 43.1 Å². The summed E-state index contributed by atoms with van der Waals surface area (Å²) in [7, 11) is -4.39. The minimum atomic E-state index is -4.39. The topological polar surface area (TPSA) is 72.5 Å². The number of nitrogens with one attached hydrogen (secondary N) is 1. The lowest BCUT2D eigenvalue weighted by atomic mass is 10.2. The molecule has 1 N–H and O–H groups in total. The number of hydrogen-bond acceptors (Lipinski definition) is 5. The van der Waals surface area contributed by atoms with E-state index in [1.54, 1.807) is 6.92 Å². The molecule has 0 radical (unpaired) electrons. The zero-order chi connectivity index (χ0) is 19.8. The van der Waals surface area contributed by atoms with Gasteiger partial charge in [-0.3, -0.25) is 4.72 Å². The number of halogens is 2. The SMILES string of the molecule is CCOC(=O)c1sc2cccc(F)c2c1S(=O)(=O)Nc1ccc(C)c(F)c1. The number of carbonyl (C=O) groups excluding carboxylic acids is 1. The molecule has 27 heavy (non-hydrogen) atoms. The van der Waals surface area contributed by atoms with E-state index in [0.29, 0.717) is 5.56 Å². The Balaban J connectivity index is 2.19. The van der Waals surface area contributed by atoms with Crippen molar-refractivity contribution in [3.8, 4) is 0 Å². The van der Waals surface area contributed by atoms with Gasteiger partial charge in [0.05, 0.1) is 12.3 Å². The number of fused-ring (bicyclic) bond motifs is 1. The van der Waals surface area contributed by atoms with E-state index in [1.165, 1.54) is 31.2 Å². The second kappa shape index (κ2) is 7.24. The van der Waals surface area contributed by atoms with Crippen molar-refractivity contribution in [2.75, 3.05) is 11.3 Å². The monoisotopic (exact) mass is 411 g/mol. The molecule has 0 aliphatic rings. The first-order valence-corrected chi connectivity index (χ1v) is 10.2. The van der Waals surface area contributed by atoms with Gasteiger partial charge in [-0.1, -0.05) is 12.1 Å². The number of benzene rings is 2. The lowest BCUT2D eigenvalue weighted by molar-refractivity contribution is 0.0528. The first-order valence-electron chi connectivity index (χ1n) is 7.91. The fourth-order valence-corrected chi connectivity index (χ4v) is 5.40. The predicted molar refractivity (Wildman–Crippen MR) is 99.7 cm³/mol. The van der Waals surface area contributed by atoms with Crippen LogP contribution in [0.4, 0.5) is 14.5 Å². The van der Waals surface area contributed by atoms with Crippen molar-refractivity contribution in [2.45, 2.75) is 18.7 Å². The van der Waals surface area contributed by atoms with E-state index in [9.17, 15) is 22.0 Å². The van der Waals surface area contributed by atoms with Crippen molar-refractivity contribution in [1.29, 1.82) is 0 Å². The molecule has 0 fully saturated rings. The van der Waals surface area contributed by atoms with Crippen LogP contribution >= 0.6 is 11.3 Å². The zero-order valence-corrected chi connectivity index (χ0v) is 16.0. The van der Waals surface area contributed by atoms with Gasteiger partial charge in [0.15, 0.2) is 0 Å². The van der Waals surface area contributed by atoms with E-state index >= 15 is 0 Å². The third-order valence-electron chi connectivity index (χ3n) is 3.77. The smallest absolute Gasteiger partial charge is 0.349 e. The third-order valence-corrected chi connectivity index (χ3v) is 6.49. The number of sulfonamides is 1. The van der Waals surface area contributed by atoms with Crippen LogP contribution in [0.15, 0.2) is 41.3 Å². The average molecular weight is 411 g/mol. The van der Waals surface area contributed by atoms with E-state index in [1.807, 2.05) is 0 Å². The molecule has 0 unspecified atom stereocenters. The fraction of sp³-hybridized carbons (Fsp3) is 0.167. The molecule has 0 saturated carbocycles. The van der Waals surface area contributed by atoms with Gasteiger partial charge in [-0.15, -0.1) is 11.3 Å². The van der Waals surface area contributed by atoms with Crippen LogP contribution in [0.2, 0.25) is 0 Å². The Morgan fingerprint density at radius 3 is 2.59 bits per heavy atom. The second-order valence-electron chi connectivity index (χ2n) is 5.66. The summed E-state index contributed by atoms with van der Waals surface area (Å²) in [6.07, 6.45) is 0. The second-order valence-corrected chi connectivity index (χ2v) is 8.33. The minimum Gasteiger partial charge on any atom is -0.462 e. The largest absolute Gasteiger partial charge is 0.462 e. The number of esters is 1. The van der Waals surface area contributed by atoms with Gasteiger partial charge in [0, 0.05) is 10.1 Å². The van der Waals surface area contributed by atoms with Gasteiger partial charge in [0.25, 0.3) is 10.0 Å². The van der Waals surface area contributed by atoms with Gasteiger partial charge < -0.3 is 4.74 Å². The van der Waals surface area contributed by atoms with E-state index < -0.39 is 32.5 Å². The molecule has 5 nitrogen and oxygen atoms in total. The maximum Gasteiger partial charge on any atom is 0.349 e. The molecule has 0 atom stereocenters. The highest BCUT2D eigenvalue weighted by atomic mass is 32.2. The number of carbonyl (C=O) groups is 1. The Hall–Kier alpha value is -2.52. The van der Waals surface area contributed by atoms with Crippen LogP contribution in [0.3, 0.4) is 0 Å². The molecule has 0 aliphatic heterocycles. The van der Waals surface area contributed by atoms with E-state index in [2.05, 4.69) is 4.72 Å². The Morgan fingerprint density at radius 1 is 1.19 bits per heavy atom. The molecule has 0 saturated heterocycles. The third kappa shape index (κ3) is 3.65. The highest BCUT2D eigenvalue weighted by Gasteiger charge is 2.31. The van der Waals surface area contributed by atoms with Crippen LogP contribution in [0, 0.1) is 18.6 Å². The molecule has 1 heterocycles. The van der Waals surface area contributed by atoms with Crippen LogP contribution in [-0.4, -0.2) is 21.0 Å². The summed E-state index contributed by atoms with van der Waals surface area (Å²) in [6, 6.07) is 7.84. The normalized spacial score (nSPS) is 11.6. The number of thiophene rings is 1. The summed E-state index contributed by atoms with van der Waals surface area (Å²) >= 11 is 0.821. The van der Waals surface area contributed by atoms with Gasteiger partial charge in [0.1, 0.15) is 21.4 Å². The number of rotatable bonds is 5. The molecule has 1 aromatic heterocycles. The molecule has 0 bridgehead atoms. The quantitative estimate of drug-likeness (QED) is 0.629. The Kier molecular flexibility index (Phi) is 5.16. The summed E-state index contributed by atoms with van der Waals surface area (Å²) in [4.78, 5) is 11.5. The molecule has 142 valence electrons. The maximum absolute atomic E-state index is 14.4. The van der Waals surface area contributed by atoms with Crippen LogP contribution < -0.4 is 4.72 Å². The van der Waals surface area contributed by atoms with E-state index in [-0.39, 0.29) is 27.3 Å². The standard InChI is InChI=1S/C18H15F2NO4S2/c1-3-25-18(22)16-17(15-12(19)5-4-6-14(15)26-16)27(23,24)21-11-8-7-10(2)13(20)9-11/h4-9,21H,3H2,1-2H3. The van der Waals surface area contributed by atoms with E-state index in [4.69, 9.17) is 4.74 Å². The summed E-state index contributed by atoms with van der Waals surface area (Å²) < 4.78 is 61.5. The minimum absolute atomic E-state index is 0.0334. The fourth-order valence-electron chi connectivity index (χ4n) is 2.53. The van der Waals surface area contributed by atoms with Crippen LogP contribution in [0.5, 0.6) is 0 Å². The molecule has 3 aromatic rings. The highest BCUT2D eigenvalue weighted by molar-refractivity contribution is 7.93. The average Bonchev–Trinajstić information content (AvgIpc) is 3.00. The zero-order valence-electron chi connectivity index (χ0n) is 14.4. The first-order chi connectivity index (χ1) is 12.7. The van der Waals surface area contributed by atoms with Crippen LogP contribution in [-0.2, 0) is 14.8 Å². The Bertz CT molecular complexity index is 1140. The van der Waals surface area contributed by atoms with Crippen molar-refractivity contribution in [2.24, 2.45) is 0 Å². The lowest BCUT2D eigenvalue weighted by Gasteiger charge is -2.10. The van der Waals surface area contributed by atoms with Gasteiger partial charge in [-0.05, 0) is 43.7 Å². The summed E-state index contributed by atoms with van der Waals surface area (Å²) in [5.74, 6) is -2.24. The van der Waals surface area contributed by atoms with Gasteiger partial charge in [0.2, 0.25) is 0 Å². The summed E-state index contributed by atoms with van der Waals surface area (Å²) in [5.41, 5.74) is 0.306. The molecule has 0 aliphatic carbocycles. The van der Waals surface area contributed by atoms with Crippen molar-refractivity contribution in [1.82, 2.24) is 0 Å².